The van der Waals surface area contributed by atoms with Gasteiger partial charge in [0.15, 0.2) is 5.60 Å². The van der Waals surface area contributed by atoms with Crippen molar-refractivity contribution in [1.29, 1.82) is 0 Å². The van der Waals surface area contributed by atoms with Gasteiger partial charge in [-0.1, -0.05) is 48.4 Å². The van der Waals surface area contributed by atoms with Crippen LogP contribution in [0.25, 0.3) is 0 Å². The second-order valence-corrected chi connectivity index (χ2v) is 9.06. The number of carbonyl (C=O) groups excluding carboxylic acids is 1. The van der Waals surface area contributed by atoms with Crippen molar-refractivity contribution in [2.75, 3.05) is 19.6 Å². The van der Waals surface area contributed by atoms with Crippen LogP contribution in [0, 0.1) is 5.92 Å². The summed E-state index contributed by atoms with van der Waals surface area (Å²) in [6.07, 6.45) is 13.4. The van der Waals surface area contributed by atoms with Gasteiger partial charge in [-0.15, -0.1) is 0 Å². The van der Waals surface area contributed by atoms with E-state index in [2.05, 4.69) is 11.0 Å². The van der Waals surface area contributed by atoms with E-state index in [9.17, 15) is 9.90 Å². The van der Waals surface area contributed by atoms with Gasteiger partial charge in [-0.05, 0) is 63.4 Å². The van der Waals surface area contributed by atoms with E-state index in [1.807, 2.05) is 30.3 Å². The van der Waals surface area contributed by atoms with Gasteiger partial charge in [0.05, 0.1) is 0 Å². The Kier molecular flexibility index (Phi) is 6.71. The fourth-order valence-electron chi connectivity index (χ4n) is 5.01. The highest BCUT2D eigenvalue weighted by molar-refractivity contribution is 5.82. The summed E-state index contributed by atoms with van der Waals surface area (Å²) >= 11 is 0. The Balaban J connectivity index is 1.28. The highest BCUT2D eigenvalue weighted by Crippen LogP contribution is 2.43. The molecule has 1 aromatic carbocycles. The monoisotopic (exact) mass is 397 g/mol. The molecule has 1 aromatic rings. The van der Waals surface area contributed by atoms with E-state index in [-0.39, 0.29) is 12.0 Å². The lowest BCUT2D eigenvalue weighted by Gasteiger charge is -2.41. The number of likely N-dealkylation sites (tertiary alicyclic amines) is 1. The number of hydrogen-bond donors (Lipinski definition) is 1. The Morgan fingerprint density at radius 2 is 1.76 bits per heavy atom. The van der Waals surface area contributed by atoms with Crippen molar-refractivity contribution in [2.45, 2.75) is 75.9 Å². The van der Waals surface area contributed by atoms with Crippen LogP contribution in [0.3, 0.4) is 0 Å². The maximum Gasteiger partial charge on any atom is 0.343 e. The quantitative estimate of drug-likeness (QED) is 0.541. The topological polar surface area (TPSA) is 49.8 Å². The Labute approximate surface area is 174 Å². The zero-order valence-electron chi connectivity index (χ0n) is 17.5. The fraction of sp³-hybridized carbons (Fsp3) is 0.640. The SMILES string of the molecule is O=C(OC1CCN(CCC=C2CCCC2)CC1)C(O)(c1ccccc1)C1CCC1. The number of benzene rings is 1. The van der Waals surface area contributed by atoms with Crippen LogP contribution in [-0.4, -0.2) is 41.7 Å². The van der Waals surface area contributed by atoms with Crippen LogP contribution in [0.15, 0.2) is 42.0 Å². The summed E-state index contributed by atoms with van der Waals surface area (Å²) < 4.78 is 5.87. The minimum absolute atomic E-state index is 0.0267. The molecule has 29 heavy (non-hydrogen) atoms. The van der Waals surface area contributed by atoms with Crippen molar-refractivity contribution in [3.05, 3.63) is 47.5 Å². The predicted octanol–water partition coefficient (Wildman–Crippen LogP) is 4.57. The molecular formula is C25H35NO3. The molecule has 0 amide bonds. The summed E-state index contributed by atoms with van der Waals surface area (Å²) in [4.78, 5) is 15.6. The highest BCUT2D eigenvalue weighted by atomic mass is 16.6. The number of carbonyl (C=O) groups is 1. The van der Waals surface area contributed by atoms with Crippen molar-refractivity contribution in [3.8, 4) is 0 Å². The summed E-state index contributed by atoms with van der Waals surface area (Å²) in [5, 5.41) is 11.4. The maximum atomic E-state index is 13.1. The van der Waals surface area contributed by atoms with Crippen LogP contribution in [0.4, 0.5) is 0 Å². The van der Waals surface area contributed by atoms with Gasteiger partial charge >= 0.3 is 5.97 Å². The molecule has 0 bridgehead atoms. The number of ether oxygens (including phenoxy) is 1. The van der Waals surface area contributed by atoms with Crippen LogP contribution < -0.4 is 0 Å². The van der Waals surface area contributed by atoms with Crippen molar-refractivity contribution in [1.82, 2.24) is 4.90 Å². The molecule has 1 atom stereocenters. The summed E-state index contributed by atoms with van der Waals surface area (Å²) in [7, 11) is 0. The maximum absolute atomic E-state index is 13.1. The zero-order chi connectivity index (χ0) is 20.1. The molecule has 0 aromatic heterocycles. The van der Waals surface area contributed by atoms with E-state index >= 15 is 0 Å². The molecule has 3 fully saturated rings. The van der Waals surface area contributed by atoms with E-state index in [0.29, 0.717) is 5.56 Å². The summed E-state index contributed by atoms with van der Waals surface area (Å²) in [6.45, 7) is 3.03. The molecule has 1 aliphatic heterocycles. The minimum atomic E-state index is -1.50. The summed E-state index contributed by atoms with van der Waals surface area (Å²) in [6, 6.07) is 9.37. The minimum Gasteiger partial charge on any atom is -0.460 e. The molecule has 4 nitrogen and oxygen atoms in total. The number of rotatable bonds is 7. The average molecular weight is 398 g/mol. The number of aliphatic hydroxyl groups is 1. The molecule has 2 aliphatic carbocycles. The fourth-order valence-corrected chi connectivity index (χ4v) is 5.01. The smallest absolute Gasteiger partial charge is 0.343 e. The lowest BCUT2D eigenvalue weighted by atomic mass is 9.69. The van der Waals surface area contributed by atoms with Crippen LogP contribution in [0.2, 0.25) is 0 Å². The van der Waals surface area contributed by atoms with Gasteiger partial charge in [0, 0.05) is 25.6 Å². The first-order valence-electron chi connectivity index (χ1n) is 11.6. The van der Waals surface area contributed by atoms with Crippen molar-refractivity contribution in [2.24, 2.45) is 5.92 Å². The van der Waals surface area contributed by atoms with Crippen LogP contribution in [-0.2, 0) is 15.1 Å². The summed E-state index contributed by atoms with van der Waals surface area (Å²) in [5.74, 6) is -0.473. The Morgan fingerprint density at radius 3 is 2.38 bits per heavy atom. The molecule has 0 radical (unpaired) electrons. The Hall–Kier alpha value is -1.65. The van der Waals surface area contributed by atoms with E-state index in [1.165, 1.54) is 25.7 Å². The van der Waals surface area contributed by atoms with E-state index in [4.69, 9.17) is 4.74 Å². The first-order valence-corrected chi connectivity index (χ1v) is 11.6. The van der Waals surface area contributed by atoms with Crippen molar-refractivity contribution < 1.29 is 14.6 Å². The number of piperidine rings is 1. The van der Waals surface area contributed by atoms with Crippen LogP contribution in [0.5, 0.6) is 0 Å². The first-order chi connectivity index (χ1) is 14.2. The van der Waals surface area contributed by atoms with Gasteiger partial charge in [0.25, 0.3) is 0 Å². The first kappa shape index (κ1) is 20.6. The number of nitrogens with zero attached hydrogens (tertiary/aromatic N) is 1. The number of esters is 1. The highest BCUT2D eigenvalue weighted by Gasteiger charge is 2.49. The van der Waals surface area contributed by atoms with Gasteiger partial charge in [0.2, 0.25) is 0 Å². The molecule has 158 valence electrons. The average Bonchev–Trinajstić information content (AvgIpc) is 3.22. The van der Waals surface area contributed by atoms with Gasteiger partial charge < -0.3 is 14.7 Å². The van der Waals surface area contributed by atoms with Crippen LogP contribution in [0.1, 0.15) is 69.8 Å². The largest absolute Gasteiger partial charge is 0.460 e. The Morgan fingerprint density at radius 1 is 1.07 bits per heavy atom. The summed E-state index contributed by atoms with van der Waals surface area (Å²) in [5.41, 5.74) is 0.821. The Bertz CT molecular complexity index is 696. The van der Waals surface area contributed by atoms with E-state index < -0.39 is 11.6 Å². The zero-order valence-corrected chi connectivity index (χ0v) is 17.5. The molecule has 1 saturated heterocycles. The molecule has 3 aliphatic rings. The predicted molar refractivity (Wildman–Crippen MR) is 114 cm³/mol. The van der Waals surface area contributed by atoms with Gasteiger partial charge in [-0.25, -0.2) is 4.79 Å². The number of allylic oxidation sites excluding steroid dienone is 1. The molecule has 1 N–H and O–H groups in total. The molecule has 4 heteroatoms. The van der Waals surface area contributed by atoms with E-state index in [0.717, 1.165) is 58.2 Å². The molecule has 1 heterocycles. The van der Waals surface area contributed by atoms with Gasteiger partial charge in [-0.3, -0.25) is 0 Å². The third kappa shape index (κ3) is 4.75. The second-order valence-electron chi connectivity index (χ2n) is 9.06. The molecule has 0 spiro atoms. The second kappa shape index (κ2) is 9.44. The van der Waals surface area contributed by atoms with Crippen molar-refractivity contribution >= 4 is 5.97 Å². The van der Waals surface area contributed by atoms with Crippen LogP contribution >= 0.6 is 0 Å². The standard InChI is InChI=1S/C25H35NO3/c27-24(25(28,22-13-6-14-22)21-11-2-1-3-12-21)29-23-15-18-26(19-16-23)17-7-10-20-8-4-5-9-20/h1-3,10-12,22-23,28H,4-9,13-19H2. The van der Waals surface area contributed by atoms with Gasteiger partial charge in [-0.2, -0.15) is 0 Å². The normalized spacial score (nSPS) is 23.4. The van der Waals surface area contributed by atoms with E-state index in [1.54, 1.807) is 5.57 Å². The molecule has 1 unspecified atom stereocenters. The lowest BCUT2D eigenvalue weighted by Crippen LogP contribution is -2.49. The molecular weight excluding hydrogens is 362 g/mol. The molecule has 2 saturated carbocycles. The third-order valence-corrected chi connectivity index (χ3v) is 7.15. The van der Waals surface area contributed by atoms with Crippen molar-refractivity contribution in [3.63, 3.8) is 0 Å². The van der Waals surface area contributed by atoms with Gasteiger partial charge in [0.1, 0.15) is 6.10 Å². The number of hydrogen-bond acceptors (Lipinski definition) is 4. The lowest BCUT2D eigenvalue weighted by molar-refractivity contribution is -0.185. The molecule has 4 rings (SSSR count). The third-order valence-electron chi connectivity index (χ3n) is 7.15.